The monoisotopic (exact) mass is 587 g/mol. The maximum atomic E-state index is 11.6. The van der Waals surface area contributed by atoms with Gasteiger partial charge in [0, 0.05) is 43.3 Å². The van der Waals surface area contributed by atoms with E-state index in [-0.39, 0.29) is 24.7 Å². The smallest absolute Gasteiger partial charge is 0.398 e. The van der Waals surface area contributed by atoms with E-state index >= 15 is 0 Å². The number of nitrogens with one attached hydrogen (secondary N) is 1. The minimum atomic E-state index is 0.0176. The Hall–Kier alpha value is -4.52. The van der Waals surface area contributed by atoms with Gasteiger partial charge >= 0.3 is 5.95 Å². The molecule has 1 N–H and O–H groups in total. The quantitative estimate of drug-likeness (QED) is 0.132. The molecule has 4 aromatic rings. The van der Waals surface area contributed by atoms with E-state index in [2.05, 4.69) is 31.9 Å². The van der Waals surface area contributed by atoms with Crippen LogP contribution in [0.1, 0.15) is 42.8 Å². The van der Waals surface area contributed by atoms with Crippen molar-refractivity contribution in [3.63, 3.8) is 0 Å². The molecule has 0 unspecified atom stereocenters. The summed E-state index contributed by atoms with van der Waals surface area (Å²) < 4.78 is 20.4. The molecule has 0 bridgehead atoms. The van der Waals surface area contributed by atoms with Crippen molar-refractivity contribution >= 4 is 35.3 Å². The van der Waals surface area contributed by atoms with Crippen molar-refractivity contribution in [2.45, 2.75) is 58.3 Å². The first kappa shape index (κ1) is 28.6. The van der Waals surface area contributed by atoms with Crippen LogP contribution in [0.4, 0.5) is 17.7 Å². The molecule has 226 valence electrons. The summed E-state index contributed by atoms with van der Waals surface area (Å²) in [5.74, 6) is 2.83. The number of imidazole rings is 1. The molecular weight excluding hydrogens is 550 g/mol. The molecule has 1 aliphatic carbocycles. The van der Waals surface area contributed by atoms with Gasteiger partial charge in [0.2, 0.25) is 11.8 Å². The van der Waals surface area contributed by atoms with Crippen LogP contribution in [-0.2, 0) is 18.4 Å². The van der Waals surface area contributed by atoms with Crippen molar-refractivity contribution in [2.75, 3.05) is 36.5 Å². The normalized spacial score (nSPS) is 18.9. The first-order valence-electron chi connectivity index (χ1n) is 14.6. The van der Waals surface area contributed by atoms with Gasteiger partial charge in [-0.15, -0.1) is 0 Å². The van der Waals surface area contributed by atoms with Gasteiger partial charge in [-0.3, -0.25) is 9.72 Å². The lowest BCUT2D eigenvalue weighted by molar-refractivity contribution is -0.362. The Morgan fingerprint density at radius 2 is 1.77 bits per heavy atom. The van der Waals surface area contributed by atoms with Gasteiger partial charge in [-0.25, -0.2) is 14.5 Å². The van der Waals surface area contributed by atoms with Crippen molar-refractivity contribution in [2.24, 2.45) is 7.05 Å². The van der Waals surface area contributed by atoms with Gasteiger partial charge in [-0.1, -0.05) is 4.98 Å². The number of ether oxygens (including phenoxy) is 3. The molecule has 1 saturated carbocycles. The van der Waals surface area contributed by atoms with Gasteiger partial charge in [0.15, 0.2) is 5.69 Å². The largest absolute Gasteiger partial charge is 0.741 e. The minimum Gasteiger partial charge on any atom is -0.741 e. The van der Waals surface area contributed by atoms with Crippen molar-refractivity contribution in [3.05, 3.63) is 52.9 Å². The van der Waals surface area contributed by atoms with Crippen molar-refractivity contribution < 1.29 is 18.9 Å². The van der Waals surface area contributed by atoms with E-state index in [9.17, 15) is 5.21 Å². The summed E-state index contributed by atoms with van der Waals surface area (Å²) >= 11 is 0. The van der Waals surface area contributed by atoms with Gasteiger partial charge < -0.3 is 29.6 Å². The first-order chi connectivity index (χ1) is 20.8. The predicted octanol–water partition coefficient (Wildman–Crippen LogP) is 3.83. The summed E-state index contributed by atoms with van der Waals surface area (Å²) in [6.07, 6.45) is 6.95. The van der Waals surface area contributed by atoms with Crippen LogP contribution in [0.2, 0.25) is 0 Å². The summed E-state index contributed by atoms with van der Waals surface area (Å²) in [4.78, 5) is 25.1. The molecule has 5 heterocycles. The number of hydrogen-bond acceptors (Lipinski definition) is 11. The highest BCUT2D eigenvalue weighted by molar-refractivity contribution is 5.87. The summed E-state index contributed by atoms with van der Waals surface area (Å²) in [5.41, 5.74) is 3.43. The fraction of sp³-hybridized carbons (Fsp3) is 0.467. The Labute approximate surface area is 250 Å². The number of nitrogens with zero attached hydrogens (tertiary/aromatic N) is 8. The van der Waals surface area contributed by atoms with Crippen LogP contribution in [0.15, 0.2) is 30.6 Å². The summed E-state index contributed by atoms with van der Waals surface area (Å²) in [6.45, 7) is 10.4. The highest BCUT2D eigenvalue weighted by atomic mass is 16.5. The average Bonchev–Trinajstić information content (AvgIpc) is 3.37. The number of fused-ring (bicyclic) bond motifs is 1. The number of pyridine rings is 2. The van der Waals surface area contributed by atoms with E-state index in [0.717, 1.165) is 72.6 Å². The van der Waals surface area contributed by atoms with Gasteiger partial charge in [0.25, 0.3) is 0 Å². The SMILES string of the molecule is C=[N+]([O-])c1ncc(COc2cnc3cc(N4CCOCC4)nc(OC4CCC(Nc5nc(C)cc(C)n5)CC4)c3c2)n1C. The molecule has 0 aromatic carbocycles. The standard InChI is InChI=1S/C30H37N9O4/c1-19-13-20(2)34-29(33-19)35-21-5-7-23(8-6-21)43-28-25-14-24(42-18-22-16-32-30(37(22)3)38(4)40)17-31-26(25)15-27(36-28)39-9-11-41-12-10-39/h13-17,21,23H,4-12,18H2,1-3H3,(H,33,34,35). The first-order valence-corrected chi connectivity index (χ1v) is 14.6. The van der Waals surface area contributed by atoms with E-state index in [0.29, 0.717) is 35.5 Å². The molecule has 6 rings (SSSR count). The van der Waals surface area contributed by atoms with Crippen LogP contribution in [0, 0.1) is 19.1 Å². The fourth-order valence-corrected chi connectivity index (χ4v) is 5.60. The predicted molar refractivity (Wildman–Crippen MR) is 162 cm³/mol. The third kappa shape index (κ3) is 6.61. The molecular formula is C30H37N9O4. The molecule has 1 aliphatic heterocycles. The van der Waals surface area contributed by atoms with Crippen molar-refractivity contribution in [1.82, 2.24) is 29.5 Å². The highest BCUT2D eigenvalue weighted by Gasteiger charge is 2.25. The van der Waals surface area contributed by atoms with E-state index < -0.39 is 0 Å². The second-order valence-electron chi connectivity index (χ2n) is 11.1. The minimum absolute atomic E-state index is 0.0176. The highest BCUT2D eigenvalue weighted by Crippen LogP contribution is 2.33. The second-order valence-corrected chi connectivity index (χ2v) is 11.1. The Morgan fingerprint density at radius 3 is 2.47 bits per heavy atom. The summed E-state index contributed by atoms with van der Waals surface area (Å²) in [6, 6.07) is 6.17. The molecule has 2 aliphatic rings. The second kappa shape index (κ2) is 12.4. The Morgan fingerprint density at radius 1 is 1.02 bits per heavy atom. The zero-order chi connectivity index (χ0) is 29.9. The van der Waals surface area contributed by atoms with Crippen LogP contribution < -0.4 is 19.7 Å². The lowest BCUT2D eigenvalue weighted by atomic mass is 9.93. The molecule has 43 heavy (non-hydrogen) atoms. The number of hydrogen-bond donors (Lipinski definition) is 1. The zero-order valence-electron chi connectivity index (χ0n) is 24.8. The van der Waals surface area contributed by atoms with Crippen LogP contribution in [0.5, 0.6) is 11.6 Å². The number of aromatic nitrogens is 6. The maximum absolute atomic E-state index is 11.6. The molecule has 0 atom stereocenters. The third-order valence-electron chi connectivity index (χ3n) is 7.88. The van der Waals surface area contributed by atoms with Gasteiger partial charge in [-0.2, -0.15) is 4.98 Å². The number of anilines is 2. The number of rotatable bonds is 9. The molecule has 0 amide bonds. The van der Waals surface area contributed by atoms with Crippen LogP contribution in [0.25, 0.3) is 10.9 Å². The number of aryl methyl sites for hydroxylation is 2. The molecule has 2 fully saturated rings. The Bertz CT molecular complexity index is 1590. The van der Waals surface area contributed by atoms with E-state index in [1.807, 2.05) is 32.0 Å². The van der Waals surface area contributed by atoms with Gasteiger partial charge in [0.05, 0.1) is 37.4 Å². The average molecular weight is 588 g/mol. The molecule has 13 nitrogen and oxygen atoms in total. The Kier molecular flexibility index (Phi) is 8.23. The topological polar surface area (TPSA) is 138 Å². The van der Waals surface area contributed by atoms with E-state index in [4.69, 9.17) is 24.2 Å². The molecule has 0 radical (unpaired) electrons. The zero-order valence-corrected chi connectivity index (χ0v) is 24.8. The van der Waals surface area contributed by atoms with Crippen molar-refractivity contribution in [1.29, 1.82) is 0 Å². The van der Waals surface area contributed by atoms with Crippen molar-refractivity contribution in [3.8, 4) is 11.6 Å². The molecule has 1 saturated heterocycles. The van der Waals surface area contributed by atoms with E-state index in [1.165, 1.54) is 0 Å². The fourth-order valence-electron chi connectivity index (χ4n) is 5.60. The number of morpholine rings is 1. The van der Waals surface area contributed by atoms with Gasteiger partial charge in [-0.05, 0) is 51.7 Å². The van der Waals surface area contributed by atoms with Gasteiger partial charge in [0.1, 0.15) is 30.5 Å². The van der Waals surface area contributed by atoms with Crippen LogP contribution in [0.3, 0.4) is 0 Å². The molecule has 13 heteroatoms. The molecule has 0 spiro atoms. The molecule has 4 aromatic heterocycles. The van der Waals surface area contributed by atoms with E-state index in [1.54, 1.807) is 24.0 Å². The lowest BCUT2D eigenvalue weighted by Gasteiger charge is -2.31. The van der Waals surface area contributed by atoms with Crippen LogP contribution in [-0.4, -0.2) is 79.4 Å². The third-order valence-corrected chi connectivity index (χ3v) is 7.88. The summed E-state index contributed by atoms with van der Waals surface area (Å²) in [5, 5.41) is 15.9. The summed E-state index contributed by atoms with van der Waals surface area (Å²) in [7, 11) is 1.75. The maximum Gasteiger partial charge on any atom is 0.398 e. The Balaban J connectivity index is 1.20. The lowest BCUT2D eigenvalue weighted by Crippen LogP contribution is -2.37. The van der Waals surface area contributed by atoms with Crippen LogP contribution >= 0.6 is 0 Å².